The number of rotatable bonds is 2. The first kappa shape index (κ1) is 9.92. The summed E-state index contributed by atoms with van der Waals surface area (Å²) in [5, 5.41) is 9.15. The molecular weight excluding hydrogens is 128 g/mol. The predicted octanol–water partition coefficient (Wildman–Crippen LogP) is 1.57. The van der Waals surface area contributed by atoms with Gasteiger partial charge < -0.3 is 9.84 Å². The largest absolute Gasteiger partial charge is 0.390 e. The third-order valence-electron chi connectivity index (χ3n) is 1.13. The molecule has 1 rings (SSSR count). The summed E-state index contributed by atoms with van der Waals surface area (Å²) in [6, 6.07) is 0. The Labute approximate surface area is 63.2 Å². The molecule has 0 saturated carbocycles. The number of epoxide rings is 1. The van der Waals surface area contributed by atoms with Crippen molar-refractivity contribution in [3.05, 3.63) is 0 Å². The highest BCUT2D eigenvalue weighted by Crippen LogP contribution is 2.21. The molecule has 0 spiro atoms. The van der Waals surface area contributed by atoms with Crippen molar-refractivity contribution < 1.29 is 9.84 Å². The Kier molecular flexibility index (Phi) is 3.91. The van der Waals surface area contributed by atoms with E-state index in [-0.39, 0.29) is 0 Å². The predicted molar refractivity (Wildman–Crippen MR) is 42.0 cm³/mol. The first-order valence-corrected chi connectivity index (χ1v) is 3.92. The highest BCUT2D eigenvalue weighted by molar-refractivity contribution is 4.78. The van der Waals surface area contributed by atoms with E-state index in [2.05, 4.69) is 0 Å². The molecule has 1 heterocycles. The number of hydrogen-bond acceptors (Lipinski definition) is 2. The van der Waals surface area contributed by atoms with Crippen LogP contribution >= 0.6 is 0 Å². The lowest BCUT2D eigenvalue weighted by Crippen LogP contribution is -2.20. The van der Waals surface area contributed by atoms with E-state index in [4.69, 9.17) is 9.84 Å². The molecule has 0 aliphatic carbocycles. The Morgan fingerprint density at radius 2 is 1.90 bits per heavy atom. The second-order valence-electron chi connectivity index (χ2n) is 2.97. The lowest BCUT2D eigenvalue weighted by molar-refractivity contribution is 0.0624. The van der Waals surface area contributed by atoms with Gasteiger partial charge in [0.2, 0.25) is 0 Å². The van der Waals surface area contributed by atoms with E-state index < -0.39 is 5.60 Å². The van der Waals surface area contributed by atoms with E-state index in [1.807, 2.05) is 13.8 Å². The van der Waals surface area contributed by atoms with E-state index in [9.17, 15) is 0 Å². The highest BCUT2D eigenvalue weighted by atomic mass is 16.6. The van der Waals surface area contributed by atoms with Crippen molar-refractivity contribution in [2.75, 3.05) is 6.61 Å². The molecule has 2 nitrogen and oxygen atoms in total. The molecule has 62 valence electrons. The quantitative estimate of drug-likeness (QED) is 0.600. The molecule has 0 amide bonds. The van der Waals surface area contributed by atoms with Crippen LogP contribution in [0.1, 0.15) is 34.1 Å². The molecule has 10 heavy (non-hydrogen) atoms. The van der Waals surface area contributed by atoms with Crippen molar-refractivity contribution in [2.45, 2.75) is 45.8 Å². The zero-order valence-corrected chi connectivity index (χ0v) is 7.35. The van der Waals surface area contributed by atoms with E-state index in [0.717, 1.165) is 13.0 Å². The van der Waals surface area contributed by atoms with Crippen LogP contribution in [0, 0.1) is 0 Å². The van der Waals surface area contributed by atoms with Gasteiger partial charge in [0.1, 0.15) is 0 Å². The van der Waals surface area contributed by atoms with Crippen molar-refractivity contribution >= 4 is 0 Å². The third kappa shape index (κ3) is 6.05. The first-order valence-electron chi connectivity index (χ1n) is 3.92. The fourth-order valence-electron chi connectivity index (χ4n) is 0.743. The molecule has 2 heteroatoms. The van der Waals surface area contributed by atoms with Crippen LogP contribution in [0.15, 0.2) is 0 Å². The van der Waals surface area contributed by atoms with Gasteiger partial charge in [0.05, 0.1) is 18.3 Å². The zero-order chi connectivity index (χ0) is 8.20. The minimum absolute atomic E-state index is 0.343. The van der Waals surface area contributed by atoms with Gasteiger partial charge in [-0.2, -0.15) is 0 Å². The van der Waals surface area contributed by atoms with Crippen molar-refractivity contribution in [3.63, 3.8) is 0 Å². The molecule has 0 radical (unpaired) electrons. The summed E-state index contributed by atoms with van der Waals surface area (Å²) in [7, 11) is 0. The Morgan fingerprint density at radius 1 is 1.50 bits per heavy atom. The average molecular weight is 146 g/mol. The van der Waals surface area contributed by atoms with Crippen LogP contribution in [0.4, 0.5) is 0 Å². The third-order valence-corrected chi connectivity index (χ3v) is 1.13. The lowest BCUT2D eigenvalue weighted by atomic mass is 10.0. The van der Waals surface area contributed by atoms with Gasteiger partial charge in [-0.1, -0.05) is 13.8 Å². The average Bonchev–Trinajstić information content (AvgIpc) is 2.52. The standard InChI is InChI=1S/C6H12O2.C2H6/c1-6(2,7)3-5-4-8-5;1-2/h5,7H,3-4H2,1-2H3;1-2H3. The maximum atomic E-state index is 9.15. The van der Waals surface area contributed by atoms with E-state index in [1.54, 1.807) is 13.8 Å². The molecule has 1 N–H and O–H groups in total. The van der Waals surface area contributed by atoms with Crippen LogP contribution in [0.25, 0.3) is 0 Å². The summed E-state index contributed by atoms with van der Waals surface area (Å²) in [5.41, 5.74) is -0.541. The van der Waals surface area contributed by atoms with Gasteiger partial charge in [-0.15, -0.1) is 0 Å². The van der Waals surface area contributed by atoms with Gasteiger partial charge in [-0.05, 0) is 13.8 Å². The van der Waals surface area contributed by atoms with Crippen molar-refractivity contribution in [2.24, 2.45) is 0 Å². The molecule has 1 aliphatic rings. The summed E-state index contributed by atoms with van der Waals surface area (Å²) < 4.78 is 4.92. The lowest BCUT2D eigenvalue weighted by Gasteiger charge is -2.13. The van der Waals surface area contributed by atoms with Gasteiger partial charge >= 0.3 is 0 Å². The topological polar surface area (TPSA) is 32.8 Å². The van der Waals surface area contributed by atoms with Crippen molar-refractivity contribution in [1.82, 2.24) is 0 Å². The molecule has 0 aromatic heterocycles. The van der Waals surface area contributed by atoms with Crippen LogP contribution in [-0.4, -0.2) is 23.4 Å². The molecule has 1 fully saturated rings. The van der Waals surface area contributed by atoms with E-state index in [0.29, 0.717) is 6.10 Å². The van der Waals surface area contributed by atoms with Gasteiger partial charge in [-0.3, -0.25) is 0 Å². The molecule has 1 aliphatic heterocycles. The Bertz CT molecular complexity index is 79.7. The Morgan fingerprint density at radius 3 is 2.00 bits per heavy atom. The van der Waals surface area contributed by atoms with Crippen LogP contribution in [0.5, 0.6) is 0 Å². The molecule has 0 bridgehead atoms. The highest BCUT2D eigenvalue weighted by Gasteiger charge is 2.29. The monoisotopic (exact) mass is 146 g/mol. The second kappa shape index (κ2) is 3.94. The van der Waals surface area contributed by atoms with Crippen LogP contribution < -0.4 is 0 Å². The summed E-state index contributed by atoms with van der Waals surface area (Å²) in [4.78, 5) is 0. The van der Waals surface area contributed by atoms with E-state index >= 15 is 0 Å². The van der Waals surface area contributed by atoms with Gasteiger partial charge in [0, 0.05) is 6.42 Å². The van der Waals surface area contributed by atoms with Gasteiger partial charge in [-0.25, -0.2) is 0 Å². The zero-order valence-electron chi connectivity index (χ0n) is 7.35. The molecule has 0 aromatic rings. The van der Waals surface area contributed by atoms with Crippen LogP contribution in [0.2, 0.25) is 0 Å². The molecule has 0 aromatic carbocycles. The minimum Gasteiger partial charge on any atom is -0.390 e. The molecule has 1 unspecified atom stereocenters. The SMILES string of the molecule is CC.CC(C)(O)CC1CO1. The Hall–Kier alpha value is -0.0800. The molecule has 1 saturated heterocycles. The molecule has 1 atom stereocenters. The smallest absolute Gasteiger partial charge is 0.0837 e. The number of aliphatic hydroxyl groups is 1. The van der Waals surface area contributed by atoms with Gasteiger partial charge in [0.15, 0.2) is 0 Å². The normalized spacial score (nSPS) is 23.1. The fourth-order valence-corrected chi connectivity index (χ4v) is 0.743. The number of hydrogen-bond donors (Lipinski definition) is 1. The summed E-state index contributed by atoms with van der Waals surface area (Å²) in [6.07, 6.45) is 1.11. The van der Waals surface area contributed by atoms with Crippen molar-refractivity contribution in [3.8, 4) is 0 Å². The summed E-state index contributed by atoms with van der Waals surface area (Å²) in [6.45, 7) is 8.44. The van der Waals surface area contributed by atoms with Crippen LogP contribution in [-0.2, 0) is 4.74 Å². The molecular formula is C8H18O2. The maximum absolute atomic E-state index is 9.15. The number of ether oxygens (including phenoxy) is 1. The first-order chi connectivity index (χ1) is 4.58. The second-order valence-corrected chi connectivity index (χ2v) is 2.97. The van der Waals surface area contributed by atoms with Gasteiger partial charge in [0.25, 0.3) is 0 Å². The minimum atomic E-state index is -0.541. The summed E-state index contributed by atoms with van der Waals surface area (Å²) >= 11 is 0. The fraction of sp³-hybridized carbons (Fsp3) is 1.00. The van der Waals surface area contributed by atoms with E-state index in [1.165, 1.54) is 0 Å². The maximum Gasteiger partial charge on any atom is 0.0837 e. The van der Waals surface area contributed by atoms with Crippen LogP contribution in [0.3, 0.4) is 0 Å². The summed E-state index contributed by atoms with van der Waals surface area (Å²) in [5.74, 6) is 0. The van der Waals surface area contributed by atoms with Crippen molar-refractivity contribution in [1.29, 1.82) is 0 Å². The Balaban J connectivity index is 0.000000371.